The van der Waals surface area contributed by atoms with Crippen LogP contribution < -0.4 is 34.0 Å². The number of aromatic nitrogens is 2. The summed E-state index contributed by atoms with van der Waals surface area (Å²) >= 11 is 0. The van der Waals surface area contributed by atoms with Gasteiger partial charge in [0.2, 0.25) is 5.75 Å². The third kappa shape index (κ3) is 5.88. The highest BCUT2D eigenvalue weighted by Gasteiger charge is 2.19. The molecule has 0 unspecified atom stereocenters. The van der Waals surface area contributed by atoms with E-state index >= 15 is 0 Å². The smallest absolute Gasteiger partial charge is 0.343 e. The molecule has 11 heteroatoms. The van der Waals surface area contributed by atoms with Crippen LogP contribution in [0.3, 0.4) is 0 Å². The number of carbonyl (C=O) groups is 1. The number of nitrogens with zero attached hydrogens (tertiary/aromatic N) is 3. The number of carbonyl (C=O) groups excluding carboxylic acids is 1. The second-order valence-corrected chi connectivity index (χ2v) is 9.26. The number of methoxy groups -OCH3 is 5. The molecule has 5 aromatic rings. The van der Waals surface area contributed by atoms with Crippen molar-refractivity contribution in [3.8, 4) is 45.9 Å². The van der Waals surface area contributed by atoms with Crippen molar-refractivity contribution in [2.75, 3.05) is 35.5 Å². The molecule has 0 saturated carbocycles. The number of hydrogen-bond acceptors (Lipinski definition) is 10. The Bertz CT molecular complexity index is 1890. The summed E-state index contributed by atoms with van der Waals surface area (Å²) in [6.45, 7) is 0. The van der Waals surface area contributed by atoms with Crippen molar-refractivity contribution in [3.63, 3.8) is 0 Å². The Hall–Kier alpha value is -5.84. The molecule has 11 nitrogen and oxygen atoms in total. The van der Waals surface area contributed by atoms with Crippen LogP contribution >= 0.6 is 0 Å². The van der Waals surface area contributed by atoms with Gasteiger partial charge in [0.05, 0.1) is 58.2 Å². The van der Waals surface area contributed by atoms with E-state index in [1.54, 1.807) is 86.0 Å². The van der Waals surface area contributed by atoms with Gasteiger partial charge in [0.1, 0.15) is 5.75 Å². The molecule has 1 heterocycles. The van der Waals surface area contributed by atoms with Crippen molar-refractivity contribution in [2.24, 2.45) is 5.10 Å². The Morgan fingerprint density at radius 3 is 2.07 bits per heavy atom. The van der Waals surface area contributed by atoms with Crippen molar-refractivity contribution < 1.29 is 33.2 Å². The molecule has 0 aliphatic carbocycles. The lowest BCUT2D eigenvalue weighted by Crippen LogP contribution is -2.20. The molecule has 44 heavy (non-hydrogen) atoms. The Kier molecular flexibility index (Phi) is 8.75. The minimum absolute atomic E-state index is 0.216. The summed E-state index contributed by atoms with van der Waals surface area (Å²) in [6, 6.07) is 21.8. The summed E-state index contributed by atoms with van der Waals surface area (Å²) in [5.74, 6) is 2.01. The van der Waals surface area contributed by atoms with Crippen LogP contribution in [-0.2, 0) is 0 Å². The van der Waals surface area contributed by atoms with Gasteiger partial charge in [-0.3, -0.25) is 4.79 Å². The van der Waals surface area contributed by atoms with Crippen LogP contribution in [0.2, 0.25) is 0 Å². The largest absolute Gasteiger partial charge is 0.497 e. The zero-order valence-corrected chi connectivity index (χ0v) is 24.7. The highest BCUT2D eigenvalue weighted by molar-refractivity contribution is 5.92. The summed E-state index contributed by atoms with van der Waals surface area (Å²) in [5, 5.41) is 4.90. The van der Waals surface area contributed by atoms with Crippen LogP contribution in [0.1, 0.15) is 15.9 Å². The molecule has 0 aliphatic heterocycles. The zero-order valence-electron chi connectivity index (χ0n) is 24.7. The average Bonchev–Trinajstić information content (AvgIpc) is 3.07. The van der Waals surface area contributed by atoms with Crippen LogP contribution in [0.25, 0.3) is 22.3 Å². The summed E-state index contributed by atoms with van der Waals surface area (Å²) in [6.07, 6.45) is 1.48. The van der Waals surface area contributed by atoms with Crippen molar-refractivity contribution in [3.05, 3.63) is 100 Å². The Morgan fingerprint density at radius 1 is 0.750 bits per heavy atom. The first-order valence-corrected chi connectivity index (χ1v) is 13.3. The fourth-order valence-electron chi connectivity index (χ4n) is 4.49. The molecule has 1 aromatic heterocycles. The topological polar surface area (TPSA) is 120 Å². The number of benzene rings is 4. The van der Waals surface area contributed by atoms with E-state index in [1.165, 1.54) is 39.3 Å². The molecule has 5 rings (SSSR count). The fourth-order valence-corrected chi connectivity index (χ4v) is 4.49. The molecular formula is C33H29N3O8. The van der Waals surface area contributed by atoms with Gasteiger partial charge in [-0.15, -0.1) is 0 Å². The van der Waals surface area contributed by atoms with E-state index in [9.17, 15) is 9.59 Å². The highest BCUT2D eigenvalue weighted by Crippen LogP contribution is 2.41. The van der Waals surface area contributed by atoms with E-state index in [0.717, 1.165) is 0 Å². The standard InChI is InChI=1S/C33H29N3O8/c1-39-23-13-11-21(12-14-23)33(38)44-26-15-10-20(16-27(26)40-2)19-34-36-31(35-25-9-7-6-8-24(25)32(36)37)22-17-28(41-3)30(43-5)29(18-22)42-4/h6-19H,1-5H3. The number of rotatable bonds is 10. The normalized spacial score (nSPS) is 10.9. The zero-order chi connectivity index (χ0) is 31.2. The van der Waals surface area contributed by atoms with Crippen molar-refractivity contribution in [1.82, 2.24) is 9.66 Å². The molecular weight excluding hydrogens is 566 g/mol. The van der Waals surface area contributed by atoms with Gasteiger partial charge in [-0.1, -0.05) is 12.1 Å². The monoisotopic (exact) mass is 595 g/mol. The molecule has 0 spiro atoms. The predicted octanol–water partition coefficient (Wildman–Crippen LogP) is 5.21. The molecule has 0 bridgehead atoms. The number of esters is 1. The average molecular weight is 596 g/mol. The lowest BCUT2D eigenvalue weighted by molar-refractivity contribution is 0.0729. The predicted molar refractivity (Wildman–Crippen MR) is 165 cm³/mol. The van der Waals surface area contributed by atoms with Crippen molar-refractivity contribution >= 4 is 23.1 Å². The molecule has 0 amide bonds. The molecule has 0 saturated heterocycles. The van der Waals surface area contributed by atoms with E-state index in [1.807, 2.05) is 0 Å². The maximum Gasteiger partial charge on any atom is 0.343 e. The summed E-state index contributed by atoms with van der Waals surface area (Å²) in [4.78, 5) is 31.1. The van der Waals surface area contributed by atoms with E-state index in [2.05, 4.69) is 5.10 Å². The van der Waals surface area contributed by atoms with Crippen LogP contribution in [0.4, 0.5) is 0 Å². The molecule has 0 aliphatic rings. The van der Waals surface area contributed by atoms with Crippen molar-refractivity contribution in [2.45, 2.75) is 0 Å². The van der Waals surface area contributed by atoms with Crippen LogP contribution in [0.5, 0.6) is 34.5 Å². The number of fused-ring (bicyclic) bond motifs is 1. The second-order valence-electron chi connectivity index (χ2n) is 9.26. The maximum absolute atomic E-state index is 13.7. The van der Waals surface area contributed by atoms with Crippen molar-refractivity contribution in [1.29, 1.82) is 0 Å². The van der Waals surface area contributed by atoms with Crippen LogP contribution in [0.15, 0.2) is 88.8 Å². The summed E-state index contributed by atoms with van der Waals surface area (Å²) < 4.78 is 33.9. The molecule has 0 N–H and O–H groups in total. The van der Waals surface area contributed by atoms with Gasteiger partial charge in [-0.2, -0.15) is 9.78 Å². The number of hydrogen-bond donors (Lipinski definition) is 0. The third-order valence-corrected chi connectivity index (χ3v) is 6.72. The maximum atomic E-state index is 13.7. The van der Waals surface area contributed by atoms with Gasteiger partial charge in [-0.05, 0) is 72.3 Å². The highest BCUT2D eigenvalue weighted by atomic mass is 16.6. The first-order valence-electron chi connectivity index (χ1n) is 13.3. The number of para-hydroxylation sites is 1. The molecule has 0 atom stereocenters. The molecule has 0 fully saturated rings. The van der Waals surface area contributed by atoms with Gasteiger partial charge in [0.15, 0.2) is 28.8 Å². The van der Waals surface area contributed by atoms with E-state index in [-0.39, 0.29) is 17.1 Å². The second kappa shape index (κ2) is 13.0. The molecule has 224 valence electrons. The van der Waals surface area contributed by atoms with Gasteiger partial charge in [0.25, 0.3) is 5.56 Å². The molecule has 0 radical (unpaired) electrons. The SMILES string of the molecule is COc1ccc(C(=O)Oc2ccc(C=Nn3c(-c4cc(OC)c(OC)c(OC)c4)nc4ccccc4c3=O)cc2OC)cc1. The minimum atomic E-state index is -0.559. The lowest BCUT2D eigenvalue weighted by atomic mass is 10.1. The summed E-state index contributed by atoms with van der Waals surface area (Å²) in [7, 11) is 7.52. The van der Waals surface area contributed by atoms with E-state index < -0.39 is 5.97 Å². The van der Waals surface area contributed by atoms with Gasteiger partial charge in [0, 0.05) is 5.56 Å². The van der Waals surface area contributed by atoms with E-state index in [0.29, 0.717) is 56.3 Å². The Morgan fingerprint density at radius 2 is 1.43 bits per heavy atom. The van der Waals surface area contributed by atoms with Gasteiger partial charge < -0.3 is 28.4 Å². The third-order valence-electron chi connectivity index (χ3n) is 6.72. The first-order chi connectivity index (χ1) is 21.4. The van der Waals surface area contributed by atoms with Crippen LogP contribution in [-0.4, -0.2) is 57.4 Å². The number of ether oxygens (including phenoxy) is 6. The van der Waals surface area contributed by atoms with E-state index in [4.69, 9.17) is 33.4 Å². The molecule has 4 aromatic carbocycles. The van der Waals surface area contributed by atoms with Gasteiger partial charge in [-0.25, -0.2) is 9.78 Å². The fraction of sp³-hybridized carbons (Fsp3) is 0.152. The summed E-state index contributed by atoms with van der Waals surface area (Å²) in [5.41, 5.74) is 1.55. The quantitative estimate of drug-likeness (QED) is 0.122. The Balaban J connectivity index is 1.54. The first kappa shape index (κ1) is 29.6. The van der Waals surface area contributed by atoms with Crippen LogP contribution in [0, 0.1) is 0 Å². The lowest BCUT2D eigenvalue weighted by Gasteiger charge is -2.15. The van der Waals surface area contributed by atoms with Gasteiger partial charge >= 0.3 is 5.97 Å². The minimum Gasteiger partial charge on any atom is -0.497 e. The Labute approximate surface area is 252 Å².